The minimum Gasteiger partial charge on any atom is -0.388 e. The van der Waals surface area contributed by atoms with Gasteiger partial charge in [0.1, 0.15) is 5.01 Å². The van der Waals surface area contributed by atoms with Gasteiger partial charge in [-0.2, -0.15) is 11.8 Å². The second kappa shape index (κ2) is 4.88. The molecule has 17 heavy (non-hydrogen) atoms. The summed E-state index contributed by atoms with van der Waals surface area (Å²) >= 11 is 3.75. The molecule has 1 fully saturated rings. The number of aliphatic hydroxyl groups is 1. The molecule has 94 valence electrons. The van der Waals surface area contributed by atoms with E-state index in [2.05, 4.69) is 11.9 Å². The predicted molar refractivity (Wildman–Crippen MR) is 72.7 cm³/mol. The lowest BCUT2D eigenvalue weighted by atomic mass is 10.0. The van der Waals surface area contributed by atoms with Gasteiger partial charge in [-0.3, -0.25) is 4.90 Å². The van der Waals surface area contributed by atoms with Gasteiger partial charge in [0, 0.05) is 18.1 Å². The van der Waals surface area contributed by atoms with Crippen LogP contribution in [0, 0.1) is 0 Å². The van der Waals surface area contributed by atoms with Crippen LogP contribution >= 0.6 is 23.1 Å². The van der Waals surface area contributed by atoms with Crippen molar-refractivity contribution < 1.29 is 5.11 Å². The van der Waals surface area contributed by atoms with Crippen molar-refractivity contribution in [3.63, 3.8) is 0 Å². The predicted octanol–water partition coefficient (Wildman–Crippen LogP) is 2.23. The van der Waals surface area contributed by atoms with Crippen molar-refractivity contribution >= 4 is 23.1 Å². The molecule has 5 heteroatoms. The monoisotopic (exact) mass is 270 g/mol. The standard InChI is InChI=1S/C12H18N2OS2/c1-14-5-6-16-7-9(14)12-13-8-3-2-4-10(15)11(8)17-12/h9-10,15H,2-7H2,1H3. The van der Waals surface area contributed by atoms with Crippen LogP contribution in [0.5, 0.6) is 0 Å². The average Bonchev–Trinajstić information content (AvgIpc) is 2.75. The zero-order chi connectivity index (χ0) is 11.8. The number of nitrogens with zero attached hydrogens (tertiary/aromatic N) is 2. The molecule has 2 aliphatic rings. The molecule has 2 unspecified atom stereocenters. The van der Waals surface area contributed by atoms with Crippen LogP contribution in [0.3, 0.4) is 0 Å². The Morgan fingerprint density at radius 1 is 1.47 bits per heavy atom. The number of thiazole rings is 1. The van der Waals surface area contributed by atoms with Gasteiger partial charge in [0.05, 0.1) is 22.7 Å². The fraction of sp³-hybridized carbons (Fsp3) is 0.750. The van der Waals surface area contributed by atoms with E-state index in [4.69, 9.17) is 4.98 Å². The minimum absolute atomic E-state index is 0.258. The molecule has 2 heterocycles. The highest BCUT2D eigenvalue weighted by molar-refractivity contribution is 7.99. The zero-order valence-corrected chi connectivity index (χ0v) is 11.7. The van der Waals surface area contributed by atoms with Crippen molar-refractivity contribution in [2.75, 3.05) is 25.1 Å². The number of aryl methyl sites for hydroxylation is 1. The van der Waals surface area contributed by atoms with Gasteiger partial charge in [-0.25, -0.2) is 4.98 Å². The summed E-state index contributed by atoms with van der Waals surface area (Å²) < 4.78 is 0. The number of fused-ring (bicyclic) bond motifs is 1. The molecule has 1 aliphatic carbocycles. The Bertz CT molecular complexity index is 407. The Labute approximate surface area is 110 Å². The van der Waals surface area contributed by atoms with Crippen LogP contribution in [0.1, 0.15) is 40.6 Å². The van der Waals surface area contributed by atoms with Gasteiger partial charge in [-0.1, -0.05) is 0 Å². The lowest BCUT2D eigenvalue weighted by Gasteiger charge is -2.30. The van der Waals surface area contributed by atoms with Gasteiger partial charge in [0.15, 0.2) is 0 Å². The number of thioether (sulfide) groups is 1. The van der Waals surface area contributed by atoms with Gasteiger partial charge in [0.25, 0.3) is 0 Å². The molecule has 1 aliphatic heterocycles. The first-order valence-electron chi connectivity index (χ1n) is 6.21. The summed E-state index contributed by atoms with van der Waals surface area (Å²) in [5.74, 6) is 2.36. The van der Waals surface area contributed by atoms with Crippen LogP contribution in [0.2, 0.25) is 0 Å². The molecule has 1 saturated heterocycles. The first-order chi connectivity index (χ1) is 8.25. The maximum absolute atomic E-state index is 9.99. The molecule has 1 N–H and O–H groups in total. The van der Waals surface area contributed by atoms with E-state index >= 15 is 0 Å². The molecule has 0 spiro atoms. The second-order valence-corrected chi connectivity index (χ2v) is 7.05. The fourth-order valence-corrected chi connectivity index (χ4v) is 5.13. The molecule has 3 nitrogen and oxygen atoms in total. The third kappa shape index (κ3) is 2.26. The molecule has 0 aromatic carbocycles. The van der Waals surface area contributed by atoms with Crippen LogP contribution in [-0.4, -0.2) is 40.1 Å². The average molecular weight is 270 g/mol. The van der Waals surface area contributed by atoms with E-state index in [0.717, 1.165) is 42.1 Å². The van der Waals surface area contributed by atoms with Gasteiger partial charge in [-0.05, 0) is 26.3 Å². The SMILES string of the molecule is CN1CCSCC1c1nc2c(s1)C(O)CCC2. The van der Waals surface area contributed by atoms with Crippen LogP contribution in [-0.2, 0) is 6.42 Å². The number of hydrogen-bond donors (Lipinski definition) is 1. The molecule has 0 amide bonds. The molecule has 2 atom stereocenters. The quantitative estimate of drug-likeness (QED) is 0.849. The number of rotatable bonds is 1. The van der Waals surface area contributed by atoms with Gasteiger partial charge in [-0.15, -0.1) is 11.3 Å². The summed E-state index contributed by atoms with van der Waals surface area (Å²) in [7, 11) is 2.18. The third-order valence-corrected chi connectivity index (χ3v) is 5.94. The van der Waals surface area contributed by atoms with Crippen molar-refractivity contribution in [2.45, 2.75) is 31.4 Å². The molecule has 1 aromatic heterocycles. The number of aliphatic hydroxyl groups excluding tert-OH is 1. The Morgan fingerprint density at radius 2 is 2.35 bits per heavy atom. The van der Waals surface area contributed by atoms with Crippen molar-refractivity contribution in [2.24, 2.45) is 0 Å². The van der Waals surface area contributed by atoms with Crippen molar-refractivity contribution in [1.82, 2.24) is 9.88 Å². The lowest BCUT2D eigenvalue weighted by molar-refractivity contribution is 0.160. The van der Waals surface area contributed by atoms with Crippen LogP contribution in [0.4, 0.5) is 0 Å². The van der Waals surface area contributed by atoms with Gasteiger partial charge in [0.2, 0.25) is 0 Å². The number of aromatic nitrogens is 1. The largest absolute Gasteiger partial charge is 0.388 e. The lowest BCUT2D eigenvalue weighted by Crippen LogP contribution is -2.32. The second-order valence-electron chi connectivity index (χ2n) is 4.84. The Kier molecular flexibility index (Phi) is 3.43. The van der Waals surface area contributed by atoms with E-state index < -0.39 is 0 Å². The maximum atomic E-state index is 9.99. The van der Waals surface area contributed by atoms with Crippen molar-refractivity contribution in [3.8, 4) is 0 Å². The summed E-state index contributed by atoms with van der Waals surface area (Å²) in [6.45, 7) is 1.14. The van der Waals surface area contributed by atoms with E-state index in [1.807, 2.05) is 11.8 Å². The normalized spacial score (nSPS) is 30.2. The van der Waals surface area contributed by atoms with Gasteiger partial charge >= 0.3 is 0 Å². The van der Waals surface area contributed by atoms with E-state index in [1.54, 1.807) is 11.3 Å². The molecule has 0 saturated carbocycles. The zero-order valence-electron chi connectivity index (χ0n) is 10.1. The number of hydrogen-bond acceptors (Lipinski definition) is 5. The van der Waals surface area contributed by atoms with Gasteiger partial charge < -0.3 is 5.11 Å². The van der Waals surface area contributed by atoms with E-state index in [1.165, 1.54) is 10.8 Å². The Balaban J connectivity index is 1.88. The molecule has 0 bridgehead atoms. The summed E-state index contributed by atoms with van der Waals surface area (Å²) in [5, 5.41) is 11.2. The molecule has 0 radical (unpaired) electrons. The minimum atomic E-state index is -0.258. The van der Waals surface area contributed by atoms with Crippen molar-refractivity contribution in [3.05, 3.63) is 15.6 Å². The summed E-state index contributed by atoms with van der Waals surface area (Å²) in [6, 6.07) is 0.455. The topological polar surface area (TPSA) is 36.4 Å². The van der Waals surface area contributed by atoms with Crippen LogP contribution in [0.25, 0.3) is 0 Å². The Morgan fingerprint density at radius 3 is 3.12 bits per heavy atom. The Hall–Kier alpha value is -0.100. The van der Waals surface area contributed by atoms with E-state index in [-0.39, 0.29) is 6.10 Å². The third-order valence-electron chi connectivity index (χ3n) is 3.62. The maximum Gasteiger partial charge on any atom is 0.111 e. The summed E-state index contributed by atoms with van der Waals surface area (Å²) in [4.78, 5) is 8.31. The van der Waals surface area contributed by atoms with E-state index in [0.29, 0.717) is 6.04 Å². The smallest absolute Gasteiger partial charge is 0.111 e. The fourth-order valence-electron chi connectivity index (χ4n) is 2.50. The highest BCUT2D eigenvalue weighted by Crippen LogP contribution is 2.38. The molecular weight excluding hydrogens is 252 g/mol. The molecule has 3 rings (SSSR count). The van der Waals surface area contributed by atoms with Crippen LogP contribution in [0.15, 0.2) is 0 Å². The first kappa shape index (κ1) is 12.0. The van der Waals surface area contributed by atoms with Crippen LogP contribution < -0.4 is 0 Å². The summed E-state index contributed by atoms with van der Waals surface area (Å²) in [6.07, 6.45) is 2.77. The highest BCUT2D eigenvalue weighted by atomic mass is 32.2. The highest BCUT2D eigenvalue weighted by Gasteiger charge is 2.28. The first-order valence-corrected chi connectivity index (χ1v) is 8.18. The van der Waals surface area contributed by atoms with Crippen molar-refractivity contribution in [1.29, 1.82) is 0 Å². The van der Waals surface area contributed by atoms with E-state index in [9.17, 15) is 5.11 Å². The summed E-state index contributed by atoms with van der Waals surface area (Å²) in [5.41, 5.74) is 1.16. The molecular formula is C12H18N2OS2. The molecule has 1 aromatic rings.